The molecular weight excluding hydrogens is 118 g/mol. The van der Waals surface area contributed by atoms with Gasteiger partial charge in [0.15, 0.2) is 0 Å². The van der Waals surface area contributed by atoms with Crippen LogP contribution in [0.5, 0.6) is 0 Å². The minimum Gasteiger partial charge on any atom is -0.323 e. The quantitative estimate of drug-likeness (QED) is 0.462. The van der Waals surface area contributed by atoms with E-state index in [4.69, 9.17) is 5.84 Å². The van der Waals surface area contributed by atoms with Crippen LogP contribution in [-0.4, -0.2) is 20.1 Å². The Morgan fingerprint density at radius 3 is 3.33 bits per heavy atom. The van der Waals surface area contributed by atoms with Crippen LogP contribution in [0.4, 0.5) is 0 Å². The molecule has 0 aliphatic carbocycles. The predicted octanol–water partition coefficient (Wildman–Crippen LogP) is -0.527. The summed E-state index contributed by atoms with van der Waals surface area (Å²) in [5, 5.41) is 10.3. The van der Waals surface area contributed by atoms with Gasteiger partial charge in [-0.3, -0.25) is 5.10 Å². The zero-order valence-corrected chi connectivity index (χ0v) is 4.57. The van der Waals surface area contributed by atoms with E-state index in [0.29, 0.717) is 0 Å². The second kappa shape index (κ2) is 1.25. The Balaban J connectivity index is 2.92. The number of aromatic amines is 1. The van der Waals surface area contributed by atoms with Gasteiger partial charge in [-0.05, 0) is 0 Å². The Labute approximate surface area is 50.4 Å². The Hall–Kier alpha value is -1.52. The number of hydrogen-bond acceptors (Lipinski definition) is 3. The first kappa shape index (κ1) is 4.37. The third kappa shape index (κ3) is 0.479. The maximum Gasteiger partial charge on any atom is 0.132 e. The normalized spacial score (nSPS) is 10.7. The summed E-state index contributed by atoms with van der Waals surface area (Å²) < 4.78 is 0. The Kier molecular flexibility index (Phi) is 0.606. The van der Waals surface area contributed by atoms with Crippen molar-refractivity contribution in [2.45, 2.75) is 0 Å². The number of rotatable bonds is 0. The molecule has 0 bridgehead atoms. The van der Waals surface area contributed by atoms with E-state index in [1.54, 1.807) is 12.4 Å². The summed E-state index contributed by atoms with van der Waals surface area (Å²) in [6, 6.07) is 0. The molecule has 0 saturated heterocycles. The summed E-state index contributed by atoms with van der Waals surface area (Å²) in [6.45, 7) is 0. The number of nitrogens with two attached hydrogens (primary N) is 1. The Morgan fingerprint density at radius 1 is 1.67 bits per heavy atom. The van der Waals surface area contributed by atoms with Crippen LogP contribution in [0.1, 0.15) is 0 Å². The highest BCUT2D eigenvalue weighted by atomic mass is 15.5. The summed E-state index contributed by atoms with van der Waals surface area (Å²) in [4.78, 5) is 1.25. The Morgan fingerprint density at radius 2 is 2.56 bits per heavy atom. The summed E-state index contributed by atoms with van der Waals surface area (Å²) in [5.41, 5.74) is 1.65. The topological polar surface area (TPSA) is 72.5 Å². The molecule has 5 nitrogen and oxygen atoms in total. The third-order valence-corrected chi connectivity index (χ3v) is 1.13. The Bertz CT molecular complexity index is 290. The van der Waals surface area contributed by atoms with Gasteiger partial charge >= 0.3 is 0 Å². The average Bonchev–Trinajstić information content (AvgIpc) is 2.22. The zero-order chi connectivity index (χ0) is 6.27. The molecule has 0 radical (unpaired) electrons. The average molecular weight is 123 g/mol. The predicted molar refractivity (Wildman–Crippen MR) is 32.0 cm³/mol. The molecule has 0 amide bonds. The van der Waals surface area contributed by atoms with Crippen LogP contribution in [0, 0.1) is 0 Å². The number of H-pyrrole nitrogens is 1. The summed E-state index contributed by atoms with van der Waals surface area (Å²) >= 11 is 0. The van der Waals surface area contributed by atoms with Gasteiger partial charge in [-0.2, -0.15) is 9.89 Å². The fraction of sp³-hybridized carbons (Fsp3) is 0. The van der Waals surface area contributed by atoms with Crippen molar-refractivity contribution in [3.8, 4) is 0 Å². The van der Waals surface area contributed by atoms with E-state index >= 15 is 0 Å². The molecule has 0 aromatic carbocycles. The molecule has 2 heterocycles. The van der Waals surface area contributed by atoms with Gasteiger partial charge in [0.25, 0.3) is 0 Å². The smallest absolute Gasteiger partial charge is 0.132 e. The van der Waals surface area contributed by atoms with Gasteiger partial charge in [-0.15, -0.1) is 5.10 Å². The lowest BCUT2D eigenvalue weighted by Crippen LogP contribution is -2.07. The van der Waals surface area contributed by atoms with Gasteiger partial charge in [0.1, 0.15) is 11.0 Å². The third-order valence-electron chi connectivity index (χ3n) is 1.13. The van der Waals surface area contributed by atoms with Crippen molar-refractivity contribution in [1.82, 2.24) is 20.1 Å². The number of aromatic nitrogens is 4. The van der Waals surface area contributed by atoms with Gasteiger partial charge in [-0.25, -0.2) is 0 Å². The van der Waals surface area contributed by atoms with Crippen LogP contribution >= 0.6 is 0 Å². The molecule has 9 heavy (non-hydrogen) atoms. The molecule has 0 spiro atoms. The van der Waals surface area contributed by atoms with Crippen molar-refractivity contribution in [2.24, 2.45) is 0 Å². The van der Waals surface area contributed by atoms with E-state index in [0.717, 1.165) is 11.0 Å². The van der Waals surface area contributed by atoms with E-state index in [2.05, 4.69) is 15.3 Å². The second-order valence-electron chi connectivity index (χ2n) is 1.78. The first-order valence-corrected chi connectivity index (χ1v) is 2.50. The van der Waals surface area contributed by atoms with Crippen LogP contribution in [0.2, 0.25) is 0 Å². The molecular formula is C4H5N5. The van der Waals surface area contributed by atoms with E-state index < -0.39 is 0 Å². The monoisotopic (exact) mass is 123 g/mol. The van der Waals surface area contributed by atoms with E-state index in [-0.39, 0.29) is 0 Å². The number of nitrogens with zero attached hydrogens (tertiary/aromatic N) is 3. The fourth-order valence-corrected chi connectivity index (χ4v) is 0.750. The molecule has 3 N–H and O–H groups in total. The van der Waals surface area contributed by atoms with Crippen molar-refractivity contribution >= 4 is 11.0 Å². The largest absolute Gasteiger partial charge is 0.323 e. The van der Waals surface area contributed by atoms with Gasteiger partial charge < -0.3 is 5.84 Å². The van der Waals surface area contributed by atoms with E-state index in [1.807, 2.05) is 0 Å². The van der Waals surface area contributed by atoms with Crippen molar-refractivity contribution in [3.05, 3.63) is 12.4 Å². The maximum atomic E-state index is 5.29. The zero-order valence-electron chi connectivity index (χ0n) is 4.57. The first-order chi connectivity index (χ1) is 4.36. The number of nitrogen functional groups attached to an aromatic ring is 1. The van der Waals surface area contributed by atoms with Crippen LogP contribution in [-0.2, 0) is 0 Å². The van der Waals surface area contributed by atoms with Gasteiger partial charge in [0, 0.05) is 0 Å². The fourth-order valence-electron chi connectivity index (χ4n) is 0.750. The molecule has 0 fully saturated rings. The minimum atomic E-state index is 0.789. The number of nitrogens with one attached hydrogen (secondary N) is 1. The molecule has 46 valence electrons. The molecule has 2 rings (SSSR count). The molecule has 0 atom stereocenters. The highest BCUT2D eigenvalue weighted by Crippen LogP contribution is 2.03. The van der Waals surface area contributed by atoms with Crippen LogP contribution < -0.4 is 5.84 Å². The second-order valence-corrected chi connectivity index (χ2v) is 1.78. The maximum absolute atomic E-state index is 5.29. The van der Waals surface area contributed by atoms with Gasteiger partial charge in [-0.1, -0.05) is 0 Å². The molecule has 5 heteroatoms. The minimum absolute atomic E-state index is 0.789. The first-order valence-electron chi connectivity index (χ1n) is 2.50. The van der Waals surface area contributed by atoms with Crippen LogP contribution in [0.3, 0.4) is 0 Å². The highest BCUT2D eigenvalue weighted by molar-refractivity contribution is 5.72. The summed E-state index contributed by atoms with van der Waals surface area (Å²) in [7, 11) is 0. The number of hydrogen-bond donors (Lipinski definition) is 2. The molecule has 2 aromatic rings. The van der Waals surface area contributed by atoms with Crippen molar-refractivity contribution < 1.29 is 0 Å². The van der Waals surface area contributed by atoms with Crippen molar-refractivity contribution in [1.29, 1.82) is 0 Å². The lowest BCUT2D eigenvalue weighted by atomic mass is 10.5. The molecule has 0 aliphatic heterocycles. The SMILES string of the molecule is Nn1cc2[nH]ncc2n1. The van der Waals surface area contributed by atoms with E-state index in [1.165, 1.54) is 4.79 Å². The van der Waals surface area contributed by atoms with Crippen LogP contribution in [0.25, 0.3) is 11.0 Å². The molecule has 2 aromatic heterocycles. The van der Waals surface area contributed by atoms with Gasteiger partial charge in [0.05, 0.1) is 12.4 Å². The van der Waals surface area contributed by atoms with Gasteiger partial charge in [0.2, 0.25) is 0 Å². The number of fused-ring (bicyclic) bond motifs is 1. The highest BCUT2D eigenvalue weighted by Gasteiger charge is 1.96. The lowest BCUT2D eigenvalue weighted by Gasteiger charge is -1.80. The van der Waals surface area contributed by atoms with Crippen molar-refractivity contribution in [3.63, 3.8) is 0 Å². The summed E-state index contributed by atoms with van der Waals surface area (Å²) in [5.74, 6) is 5.29. The summed E-state index contributed by atoms with van der Waals surface area (Å²) in [6.07, 6.45) is 3.29. The van der Waals surface area contributed by atoms with Crippen molar-refractivity contribution in [2.75, 3.05) is 5.84 Å². The standard InChI is InChI=1S/C4H5N5/c5-9-2-4-3(8-9)1-6-7-4/h1-2,7H,5H2. The molecule has 0 unspecified atom stereocenters. The molecule has 0 saturated carbocycles. The molecule has 0 aliphatic rings. The lowest BCUT2D eigenvalue weighted by molar-refractivity contribution is 0.842. The van der Waals surface area contributed by atoms with Crippen LogP contribution in [0.15, 0.2) is 12.4 Å². The van der Waals surface area contributed by atoms with E-state index in [9.17, 15) is 0 Å².